The second-order valence-corrected chi connectivity index (χ2v) is 11.0. The monoisotopic (exact) mass is 617 g/mol. The minimum Gasteiger partial charge on any atom is -0.467 e. The van der Waals surface area contributed by atoms with Gasteiger partial charge in [-0.1, -0.05) is 24.3 Å². The third-order valence-electron chi connectivity index (χ3n) is 8.19. The summed E-state index contributed by atoms with van der Waals surface area (Å²) >= 11 is 0. The molecule has 4 heterocycles. The SMILES string of the molecule is CCOC(=O)c1c(CCc2ccc(C(F)(F)F)cc2)nc2c(c1-c1ccc(C(=O)NCc3ccco3)cc1)C(=O)N1CCC[C@@H]21. The van der Waals surface area contributed by atoms with Gasteiger partial charge >= 0.3 is 12.1 Å². The molecule has 0 unspecified atom stereocenters. The van der Waals surface area contributed by atoms with E-state index in [-0.39, 0.29) is 43.0 Å². The van der Waals surface area contributed by atoms with Gasteiger partial charge in [-0.05, 0) is 80.1 Å². The number of fused-ring (bicyclic) bond motifs is 3. The van der Waals surface area contributed by atoms with E-state index in [1.165, 1.54) is 18.4 Å². The molecular weight excluding hydrogens is 587 g/mol. The number of alkyl halides is 3. The van der Waals surface area contributed by atoms with Crippen LogP contribution in [0.3, 0.4) is 0 Å². The van der Waals surface area contributed by atoms with Gasteiger partial charge in [-0.25, -0.2) is 4.79 Å². The highest BCUT2D eigenvalue weighted by molar-refractivity contribution is 6.11. The normalized spacial score (nSPS) is 15.6. The Morgan fingerprint density at radius 2 is 1.80 bits per heavy atom. The van der Waals surface area contributed by atoms with Gasteiger partial charge in [-0.2, -0.15) is 13.2 Å². The van der Waals surface area contributed by atoms with Crippen LogP contribution in [-0.2, 0) is 30.3 Å². The number of nitrogens with one attached hydrogen (secondary N) is 1. The van der Waals surface area contributed by atoms with Crippen LogP contribution >= 0.6 is 0 Å². The third-order valence-corrected chi connectivity index (χ3v) is 8.19. The fourth-order valence-electron chi connectivity index (χ4n) is 6.04. The number of aryl methyl sites for hydroxylation is 2. The van der Waals surface area contributed by atoms with E-state index >= 15 is 0 Å². The number of carbonyl (C=O) groups excluding carboxylic acids is 3. The fraction of sp³-hybridized carbons (Fsp3) is 0.294. The molecule has 0 saturated carbocycles. The van der Waals surface area contributed by atoms with Gasteiger partial charge < -0.3 is 19.4 Å². The van der Waals surface area contributed by atoms with E-state index in [1.54, 1.807) is 48.2 Å². The van der Waals surface area contributed by atoms with Crippen molar-refractivity contribution in [1.82, 2.24) is 15.2 Å². The Morgan fingerprint density at radius 3 is 2.47 bits per heavy atom. The maximum atomic E-state index is 13.8. The summed E-state index contributed by atoms with van der Waals surface area (Å²) in [4.78, 5) is 46.8. The summed E-state index contributed by atoms with van der Waals surface area (Å²) in [6, 6.07) is 14.8. The molecule has 6 rings (SSSR count). The van der Waals surface area contributed by atoms with Crippen LogP contribution in [0.15, 0.2) is 71.3 Å². The Hall–Kier alpha value is -4.93. The average Bonchev–Trinajstić information content (AvgIpc) is 3.78. The predicted molar refractivity (Wildman–Crippen MR) is 157 cm³/mol. The molecule has 2 aromatic heterocycles. The van der Waals surface area contributed by atoms with Crippen LogP contribution < -0.4 is 5.32 Å². The molecule has 2 aliphatic rings. The molecule has 0 spiro atoms. The Labute approximate surface area is 257 Å². The number of amides is 2. The quantitative estimate of drug-likeness (QED) is 0.214. The van der Waals surface area contributed by atoms with E-state index in [2.05, 4.69) is 5.32 Å². The number of carbonyl (C=O) groups is 3. The molecule has 1 atom stereocenters. The summed E-state index contributed by atoms with van der Waals surface area (Å²) in [6.07, 6.45) is -0.817. The first-order valence-corrected chi connectivity index (χ1v) is 14.8. The molecule has 232 valence electrons. The second-order valence-electron chi connectivity index (χ2n) is 11.0. The summed E-state index contributed by atoms with van der Waals surface area (Å²) in [5, 5.41) is 2.80. The molecule has 0 aliphatic carbocycles. The first-order chi connectivity index (χ1) is 21.7. The molecule has 2 amide bonds. The standard InChI is InChI=1S/C34H30F3N3O5/c1-2-44-33(43)28-25(16-9-20-7-14-23(15-8-20)34(35,36)37)39-30-26-6-3-17-40(26)32(42)29(30)27(28)21-10-12-22(13-11-21)31(41)38-19-24-5-4-18-45-24/h4-5,7-8,10-15,18,26H,2-3,6,9,16-17,19H2,1H3,(H,38,41)/t26-/m0/s1. The molecule has 4 aromatic rings. The maximum absolute atomic E-state index is 13.8. The molecule has 1 N–H and O–H groups in total. The highest BCUT2D eigenvalue weighted by atomic mass is 19.4. The number of pyridine rings is 1. The first kappa shape index (κ1) is 30.1. The number of rotatable bonds is 9. The number of furan rings is 1. The Morgan fingerprint density at radius 1 is 1.04 bits per heavy atom. The second kappa shape index (κ2) is 12.2. The Kier molecular flexibility index (Phi) is 8.18. The molecule has 2 aromatic carbocycles. The number of ether oxygens (including phenoxy) is 1. The first-order valence-electron chi connectivity index (χ1n) is 14.8. The number of nitrogens with zero attached hydrogens (tertiary/aromatic N) is 2. The minimum absolute atomic E-state index is 0.0885. The zero-order valence-corrected chi connectivity index (χ0v) is 24.4. The zero-order chi connectivity index (χ0) is 31.7. The lowest BCUT2D eigenvalue weighted by atomic mass is 9.89. The van der Waals surface area contributed by atoms with Crippen LogP contribution in [0, 0.1) is 0 Å². The predicted octanol–water partition coefficient (Wildman–Crippen LogP) is 6.54. The number of aromatic nitrogens is 1. The van der Waals surface area contributed by atoms with Crippen LogP contribution in [0.25, 0.3) is 11.1 Å². The summed E-state index contributed by atoms with van der Waals surface area (Å²) in [6.45, 7) is 2.55. The number of hydrogen-bond donors (Lipinski definition) is 1. The van der Waals surface area contributed by atoms with Gasteiger partial charge in [0.05, 0.1) is 53.5 Å². The molecule has 1 saturated heterocycles. The van der Waals surface area contributed by atoms with Crippen molar-refractivity contribution >= 4 is 17.8 Å². The molecule has 8 nitrogen and oxygen atoms in total. The Balaban J connectivity index is 1.39. The molecule has 11 heteroatoms. The van der Waals surface area contributed by atoms with Gasteiger partial charge in [0, 0.05) is 17.7 Å². The van der Waals surface area contributed by atoms with Gasteiger partial charge in [-0.3, -0.25) is 14.6 Å². The largest absolute Gasteiger partial charge is 0.467 e. The van der Waals surface area contributed by atoms with E-state index in [9.17, 15) is 27.6 Å². The molecule has 2 aliphatic heterocycles. The number of benzene rings is 2. The summed E-state index contributed by atoms with van der Waals surface area (Å²) in [5.74, 6) is -0.577. The van der Waals surface area contributed by atoms with E-state index in [0.717, 1.165) is 25.0 Å². The van der Waals surface area contributed by atoms with E-state index in [0.29, 0.717) is 57.9 Å². The lowest BCUT2D eigenvalue weighted by molar-refractivity contribution is -0.137. The summed E-state index contributed by atoms with van der Waals surface area (Å²) in [7, 11) is 0. The van der Waals surface area contributed by atoms with Crippen LogP contribution in [0.4, 0.5) is 13.2 Å². The highest BCUT2D eigenvalue weighted by Crippen LogP contribution is 2.45. The number of hydrogen-bond acceptors (Lipinski definition) is 6. The smallest absolute Gasteiger partial charge is 0.416 e. The van der Waals surface area contributed by atoms with Gasteiger partial charge in [0.25, 0.3) is 11.8 Å². The van der Waals surface area contributed by atoms with Crippen molar-refractivity contribution in [3.8, 4) is 11.1 Å². The van der Waals surface area contributed by atoms with Crippen molar-refractivity contribution in [3.05, 3.63) is 112 Å². The van der Waals surface area contributed by atoms with Crippen LogP contribution in [-0.4, -0.2) is 40.8 Å². The maximum Gasteiger partial charge on any atom is 0.416 e. The molecular formula is C34H30F3N3O5. The van der Waals surface area contributed by atoms with E-state index in [4.69, 9.17) is 14.1 Å². The topological polar surface area (TPSA) is 102 Å². The summed E-state index contributed by atoms with van der Waals surface area (Å²) in [5.41, 5.74) is 2.70. The van der Waals surface area contributed by atoms with E-state index in [1.807, 2.05) is 0 Å². The van der Waals surface area contributed by atoms with Gasteiger partial charge in [-0.15, -0.1) is 0 Å². The number of halogens is 3. The van der Waals surface area contributed by atoms with Crippen molar-refractivity contribution in [1.29, 1.82) is 0 Å². The van der Waals surface area contributed by atoms with Crippen molar-refractivity contribution < 1.29 is 36.7 Å². The van der Waals surface area contributed by atoms with Gasteiger partial charge in [0.1, 0.15) is 5.76 Å². The number of esters is 1. The Bertz CT molecular complexity index is 1730. The molecule has 0 bridgehead atoms. The van der Waals surface area contributed by atoms with Crippen molar-refractivity contribution in [2.75, 3.05) is 13.2 Å². The van der Waals surface area contributed by atoms with Crippen LogP contribution in [0.5, 0.6) is 0 Å². The zero-order valence-electron chi connectivity index (χ0n) is 24.4. The third kappa shape index (κ3) is 5.94. The van der Waals surface area contributed by atoms with E-state index < -0.39 is 17.7 Å². The average molecular weight is 618 g/mol. The van der Waals surface area contributed by atoms with Gasteiger partial charge in [0.15, 0.2) is 0 Å². The van der Waals surface area contributed by atoms with Gasteiger partial charge in [0.2, 0.25) is 0 Å². The van der Waals surface area contributed by atoms with Crippen LogP contribution in [0.1, 0.15) is 85.2 Å². The summed E-state index contributed by atoms with van der Waals surface area (Å²) < 4.78 is 50.0. The minimum atomic E-state index is -4.44. The highest BCUT2D eigenvalue weighted by Gasteiger charge is 2.44. The van der Waals surface area contributed by atoms with Crippen molar-refractivity contribution in [3.63, 3.8) is 0 Å². The van der Waals surface area contributed by atoms with Crippen LogP contribution in [0.2, 0.25) is 0 Å². The molecule has 0 radical (unpaired) electrons. The molecule has 1 fully saturated rings. The lowest BCUT2D eigenvalue weighted by Crippen LogP contribution is -2.23. The van der Waals surface area contributed by atoms with Crippen molar-refractivity contribution in [2.45, 2.75) is 51.4 Å². The fourth-order valence-corrected chi connectivity index (χ4v) is 6.04. The lowest BCUT2D eigenvalue weighted by Gasteiger charge is -2.18. The van der Waals surface area contributed by atoms with Crippen molar-refractivity contribution in [2.24, 2.45) is 0 Å². The molecule has 45 heavy (non-hydrogen) atoms.